The Kier molecular flexibility index (Phi) is 7.52. The summed E-state index contributed by atoms with van der Waals surface area (Å²) >= 11 is 0. The zero-order chi connectivity index (χ0) is 21.7. The number of amides is 1. The van der Waals surface area contributed by atoms with Gasteiger partial charge < -0.3 is 19.9 Å². The van der Waals surface area contributed by atoms with E-state index in [9.17, 15) is 4.79 Å². The van der Waals surface area contributed by atoms with E-state index < -0.39 is 0 Å². The van der Waals surface area contributed by atoms with E-state index in [4.69, 9.17) is 14.7 Å². The van der Waals surface area contributed by atoms with Gasteiger partial charge in [0.2, 0.25) is 5.91 Å². The Morgan fingerprint density at radius 1 is 1.37 bits per heavy atom. The number of ether oxygens (including phenoxy) is 1. The maximum Gasteiger partial charge on any atom is 0.234 e. The highest BCUT2D eigenvalue weighted by atomic mass is 16.5. The Labute approximate surface area is 181 Å². The van der Waals surface area contributed by atoms with Gasteiger partial charge in [0.15, 0.2) is 5.84 Å². The summed E-state index contributed by atoms with van der Waals surface area (Å²) in [4.78, 5) is 29.0. The number of likely N-dealkylation sites (N-methyl/N-ethyl adjacent to an activating group) is 2. The molecule has 1 saturated carbocycles. The molecule has 1 aliphatic carbocycles. The lowest BCUT2D eigenvalue weighted by Gasteiger charge is -2.28. The molecule has 0 aromatic heterocycles. The fourth-order valence-corrected chi connectivity index (χ4v) is 4.30. The van der Waals surface area contributed by atoms with Crippen molar-refractivity contribution in [2.45, 2.75) is 64.1 Å². The third kappa shape index (κ3) is 5.82. The Bertz CT molecular complexity index is 702. The van der Waals surface area contributed by atoms with Crippen molar-refractivity contribution in [3.8, 4) is 0 Å². The smallest absolute Gasteiger partial charge is 0.234 e. The van der Waals surface area contributed by atoms with E-state index in [1.54, 1.807) is 0 Å². The van der Waals surface area contributed by atoms with Crippen LogP contribution in [-0.2, 0) is 9.53 Å². The largest absolute Gasteiger partial charge is 0.379 e. The lowest BCUT2D eigenvalue weighted by molar-refractivity contribution is -0.124. The lowest BCUT2D eigenvalue weighted by Crippen LogP contribution is -2.50. The molecule has 0 radical (unpaired) electrons. The van der Waals surface area contributed by atoms with Crippen LogP contribution in [-0.4, -0.2) is 91.4 Å². The van der Waals surface area contributed by atoms with Crippen LogP contribution in [0.4, 0.5) is 0 Å². The maximum atomic E-state index is 12.6. The number of hydrogen-bond acceptors (Lipinski definition) is 6. The van der Waals surface area contributed by atoms with Crippen molar-refractivity contribution in [1.29, 1.82) is 0 Å². The molecule has 2 aliphatic heterocycles. The third-order valence-corrected chi connectivity index (χ3v) is 6.06. The molecular weight excluding hydrogens is 380 g/mol. The van der Waals surface area contributed by atoms with Crippen LogP contribution in [0.3, 0.4) is 0 Å². The van der Waals surface area contributed by atoms with Crippen LogP contribution in [0.5, 0.6) is 0 Å². The number of nitrogens with one attached hydrogen (secondary N) is 1. The highest BCUT2D eigenvalue weighted by Gasteiger charge is 2.32. The van der Waals surface area contributed by atoms with Crippen LogP contribution >= 0.6 is 0 Å². The van der Waals surface area contributed by atoms with Gasteiger partial charge in [-0.25, -0.2) is 9.98 Å². The summed E-state index contributed by atoms with van der Waals surface area (Å²) in [5, 5.41) is 3.14. The quantitative estimate of drug-likeness (QED) is 0.506. The minimum atomic E-state index is -0.259. The van der Waals surface area contributed by atoms with Crippen LogP contribution in [0.1, 0.15) is 52.4 Å². The molecule has 1 N–H and O–H groups in total. The SMILES string of the molecule is CCC(/N=C(\N=C1CCCC1)C1=CN(C)CN1C)N(C)CC(=O)NC1(C)CCOC1. The van der Waals surface area contributed by atoms with Gasteiger partial charge in [-0.3, -0.25) is 9.69 Å². The lowest BCUT2D eigenvalue weighted by atomic mass is 10.0. The predicted molar refractivity (Wildman–Crippen MR) is 121 cm³/mol. The standard InChI is InChI=1S/C22H38N6O2/c1-6-19(27(4)14-20(29)25-22(2)11-12-30-15-22)24-21(23-17-9-7-8-10-17)18-13-26(3)16-28(18)5/h13,19H,6-12,14-16H2,1-5H3,(H,25,29)/b24-21-. The van der Waals surface area contributed by atoms with Gasteiger partial charge in [0, 0.05) is 32.6 Å². The van der Waals surface area contributed by atoms with Gasteiger partial charge in [-0.1, -0.05) is 6.92 Å². The minimum Gasteiger partial charge on any atom is -0.379 e. The second kappa shape index (κ2) is 9.92. The van der Waals surface area contributed by atoms with E-state index in [1.807, 2.05) is 18.9 Å². The van der Waals surface area contributed by atoms with Crippen LogP contribution in [0.2, 0.25) is 0 Å². The number of rotatable bonds is 7. The first-order valence-electron chi connectivity index (χ1n) is 11.2. The van der Waals surface area contributed by atoms with Crippen LogP contribution in [0, 0.1) is 0 Å². The summed E-state index contributed by atoms with van der Waals surface area (Å²) in [5.41, 5.74) is 2.02. The second-order valence-corrected chi connectivity index (χ2v) is 9.16. The Morgan fingerprint density at radius 2 is 2.10 bits per heavy atom. The molecule has 2 unspecified atom stereocenters. The van der Waals surface area contributed by atoms with Gasteiger partial charge in [-0.2, -0.15) is 0 Å². The Hall–Kier alpha value is -1.93. The van der Waals surface area contributed by atoms with Gasteiger partial charge in [0.25, 0.3) is 0 Å². The molecule has 30 heavy (non-hydrogen) atoms. The number of carbonyl (C=O) groups is 1. The number of nitrogens with zero attached hydrogens (tertiary/aromatic N) is 5. The summed E-state index contributed by atoms with van der Waals surface area (Å²) in [7, 11) is 6.09. The van der Waals surface area contributed by atoms with Crippen LogP contribution in [0.15, 0.2) is 21.9 Å². The van der Waals surface area contributed by atoms with Gasteiger partial charge in [-0.05, 0) is 52.5 Å². The first-order chi connectivity index (χ1) is 14.3. The molecule has 8 heteroatoms. The first kappa shape index (κ1) is 22.7. The topological polar surface area (TPSA) is 72.8 Å². The van der Waals surface area contributed by atoms with Gasteiger partial charge >= 0.3 is 0 Å². The fourth-order valence-electron chi connectivity index (χ4n) is 4.30. The number of carbonyl (C=O) groups excluding carboxylic acids is 1. The average molecular weight is 419 g/mol. The zero-order valence-corrected chi connectivity index (χ0v) is 19.3. The maximum absolute atomic E-state index is 12.6. The molecular formula is C22H38N6O2. The average Bonchev–Trinajstić information content (AvgIpc) is 3.40. The van der Waals surface area contributed by atoms with Gasteiger partial charge in [0.05, 0.1) is 31.1 Å². The number of hydrogen-bond donors (Lipinski definition) is 1. The molecule has 3 rings (SSSR count). The molecule has 168 valence electrons. The van der Waals surface area contributed by atoms with E-state index in [-0.39, 0.29) is 17.6 Å². The molecule has 2 heterocycles. The van der Waals surface area contributed by atoms with Crippen molar-refractivity contribution in [2.24, 2.45) is 9.98 Å². The number of amidine groups is 1. The van der Waals surface area contributed by atoms with Crippen molar-refractivity contribution >= 4 is 17.5 Å². The third-order valence-electron chi connectivity index (χ3n) is 6.06. The van der Waals surface area contributed by atoms with E-state index >= 15 is 0 Å². The molecule has 0 aromatic carbocycles. The highest BCUT2D eigenvalue weighted by molar-refractivity contribution is 6.07. The van der Waals surface area contributed by atoms with Crippen molar-refractivity contribution in [3.63, 3.8) is 0 Å². The van der Waals surface area contributed by atoms with Gasteiger partial charge in [0.1, 0.15) is 6.17 Å². The van der Waals surface area contributed by atoms with E-state index in [1.165, 1.54) is 18.6 Å². The predicted octanol–water partition coefficient (Wildman–Crippen LogP) is 2.04. The van der Waals surface area contributed by atoms with Crippen LogP contribution < -0.4 is 5.32 Å². The summed E-state index contributed by atoms with van der Waals surface area (Å²) in [6, 6.07) is 0. The van der Waals surface area contributed by atoms with Crippen molar-refractivity contribution in [3.05, 3.63) is 11.9 Å². The second-order valence-electron chi connectivity index (χ2n) is 9.16. The van der Waals surface area contributed by atoms with E-state index in [2.05, 4.69) is 42.3 Å². The minimum absolute atomic E-state index is 0.0136. The highest BCUT2D eigenvalue weighted by Crippen LogP contribution is 2.21. The summed E-state index contributed by atoms with van der Waals surface area (Å²) in [5.74, 6) is 0.800. The molecule has 3 aliphatic rings. The molecule has 1 saturated heterocycles. The van der Waals surface area contributed by atoms with E-state index in [0.29, 0.717) is 19.8 Å². The van der Waals surface area contributed by atoms with Crippen LogP contribution in [0.25, 0.3) is 0 Å². The van der Waals surface area contributed by atoms with Gasteiger partial charge in [-0.15, -0.1) is 0 Å². The fraction of sp³-hybridized carbons (Fsp3) is 0.773. The monoisotopic (exact) mass is 418 g/mol. The van der Waals surface area contributed by atoms with Crippen molar-refractivity contribution in [2.75, 3.05) is 47.6 Å². The summed E-state index contributed by atoms with van der Waals surface area (Å²) in [6.07, 6.45) is 8.20. The molecule has 0 aromatic rings. The molecule has 2 atom stereocenters. The van der Waals surface area contributed by atoms with Crippen molar-refractivity contribution in [1.82, 2.24) is 20.0 Å². The summed E-state index contributed by atoms with van der Waals surface area (Å²) in [6.45, 7) is 6.56. The molecule has 0 bridgehead atoms. The van der Waals surface area contributed by atoms with E-state index in [0.717, 1.165) is 43.9 Å². The summed E-state index contributed by atoms with van der Waals surface area (Å²) < 4.78 is 5.45. The molecule has 1 amide bonds. The normalized spacial score (nSPS) is 25.9. The zero-order valence-electron chi connectivity index (χ0n) is 19.3. The molecule has 0 spiro atoms. The first-order valence-corrected chi connectivity index (χ1v) is 11.2. The molecule has 8 nitrogen and oxygen atoms in total. The molecule has 2 fully saturated rings. The Morgan fingerprint density at radius 3 is 2.67 bits per heavy atom. The van der Waals surface area contributed by atoms with Crippen molar-refractivity contribution < 1.29 is 9.53 Å². The Balaban J connectivity index is 1.74. The number of aliphatic imine (C=N–C) groups is 2.